The second-order valence-electron chi connectivity index (χ2n) is 5.78. The summed E-state index contributed by atoms with van der Waals surface area (Å²) in [5, 5.41) is 3.33. The average Bonchev–Trinajstić information content (AvgIpc) is 2.37. The summed E-state index contributed by atoms with van der Waals surface area (Å²) in [5.74, 6) is 1.09. The van der Waals surface area contributed by atoms with E-state index in [-0.39, 0.29) is 5.54 Å². The molecular weight excluding hydrogens is 238 g/mol. The Morgan fingerprint density at radius 2 is 2.26 bits per heavy atom. The predicted octanol–water partition coefficient (Wildman–Crippen LogP) is 2.11. The van der Waals surface area contributed by atoms with Crippen LogP contribution in [0, 0.1) is 6.92 Å². The maximum absolute atomic E-state index is 5.57. The molecule has 0 atom stereocenters. The predicted molar refractivity (Wildman–Crippen MR) is 78.6 cm³/mol. The third kappa shape index (κ3) is 3.25. The van der Waals surface area contributed by atoms with Crippen molar-refractivity contribution < 1.29 is 4.74 Å². The van der Waals surface area contributed by atoms with E-state index in [1.54, 1.807) is 0 Å². The molecule has 0 aliphatic carbocycles. The lowest BCUT2D eigenvalue weighted by molar-refractivity contribution is 0.0638. The van der Waals surface area contributed by atoms with Crippen molar-refractivity contribution in [2.45, 2.75) is 39.8 Å². The summed E-state index contributed by atoms with van der Waals surface area (Å²) in [7, 11) is 0. The molecule has 1 fully saturated rings. The number of hydrogen-bond donors (Lipinski definition) is 1. The number of nitrogens with one attached hydrogen (secondary N) is 1. The van der Waals surface area contributed by atoms with E-state index in [1.807, 2.05) is 6.20 Å². The first kappa shape index (κ1) is 14.3. The smallest absolute Gasteiger partial charge is 0.132 e. The molecule has 4 nitrogen and oxygen atoms in total. The normalized spacial score (nSPS) is 18.6. The molecule has 4 heteroatoms. The van der Waals surface area contributed by atoms with Gasteiger partial charge < -0.3 is 15.0 Å². The summed E-state index contributed by atoms with van der Waals surface area (Å²) < 4.78 is 5.57. The Morgan fingerprint density at radius 1 is 1.47 bits per heavy atom. The van der Waals surface area contributed by atoms with Crippen molar-refractivity contribution in [3.63, 3.8) is 0 Å². The van der Waals surface area contributed by atoms with Crippen molar-refractivity contribution in [1.29, 1.82) is 0 Å². The van der Waals surface area contributed by atoms with Crippen LogP contribution in [0.4, 0.5) is 5.82 Å². The molecule has 1 saturated heterocycles. The van der Waals surface area contributed by atoms with Gasteiger partial charge in [-0.1, -0.05) is 6.92 Å². The van der Waals surface area contributed by atoms with Crippen molar-refractivity contribution in [3.8, 4) is 0 Å². The van der Waals surface area contributed by atoms with Crippen molar-refractivity contribution in [2.75, 3.05) is 31.2 Å². The van der Waals surface area contributed by atoms with E-state index in [2.05, 4.69) is 49.0 Å². The van der Waals surface area contributed by atoms with Gasteiger partial charge in [-0.2, -0.15) is 0 Å². The average molecular weight is 263 g/mol. The molecule has 0 aromatic carbocycles. The van der Waals surface area contributed by atoms with E-state index >= 15 is 0 Å². The van der Waals surface area contributed by atoms with E-state index in [0.717, 1.165) is 38.7 Å². The third-order valence-corrected chi connectivity index (χ3v) is 3.59. The van der Waals surface area contributed by atoms with Crippen LogP contribution in [-0.4, -0.2) is 36.8 Å². The van der Waals surface area contributed by atoms with Crippen molar-refractivity contribution in [2.24, 2.45) is 0 Å². The molecule has 106 valence electrons. The van der Waals surface area contributed by atoms with E-state index in [4.69, 9.17) is 4.74 Å². The number of hydrogen-bond acceptors (Lipinski definition) is 4. The first-order valence-electron chi connectivity index (χ1n) is 7.06. The quantitative estimate of drug-likeness (QED) is 0.903. The lowest BCUT2D eigenvalue weighted by atomic mass is 10.0. The molecule has 0 saturated carbocycles. The minimum Gasteiger partial charge on any atom is -0.377 e. The summed E-state index contributed by atoms with van der Waals surface area (Å²) >= 11 is 0. The van der Waals surface area contributed by atoms with E-state index in [1.165, 1.54) is 11.1 Å². The van der Waals surface area contributed by atoms with Crippen LogP contribution < -0.4 is 10.2 Å². The van der Waals surface area contributed by atoms with Gasteiger partial charge in [-0.3, -0.25) is 0 Å². The summed E-state index contributed by atoms with van der Waals surface area (Å²) in [6.45, 7) is 13.0. The maximum Gasteiger partial charge on any atom is 0.132 e. The highest BCUT2D eigenvalue weighted by molar-refractivity contribution is 5.50. The highest BCUT2D eigenvalue weighted by atomic mass is 16.5. The van der Waals surface area contributed by atoms with E-state index in [0.29, 0.717) is 0 Å². The van der Waals surface area contributed by atoms with Gasteiger partial charge in [-0.05, 0) is 44.5 Å². The molecule has 1 aromatic heterocycles. The van der Waals surface area contributed by atoms with Gasteiger partial charge in [-0.15, -0.1) is 0 Å². The van der Waals surface area contributed by atoms with Crippen LogP contribution in [0.2, 0.25) is 0 Å². The van der Waals surface area contributed by atoms with Crippen LogP contribution in [0.3, 0.4) is 0 Å². The number of morpholine rings is 1. The first-order valence-corrected chi connectivity index (χ1v) is 7.06. The topological polar surface area (TPSA) is 37.4 Å². The fourth-order valence-electron chi connectivity index (χ4n) is 2.53. The van der Waals surface area contributed by atoms with Crippen LogP contribution in [0.1, 0.15) is 31.9 Å². The first-order chi connectivity index (χ1) is 9.04. The van der Waals surface area contributed by atoms with Crippen LogP contribution in [-0.2, 0) is 11.3 Å². The molecule has 0 spiro atoms. The molecule has 1 aliphatic heterocycles. The number of rotatable bonds is 4. The van der Waals surface area contributed by atoms with Crippen LogP contribution in [0.5, 0.6) is 0 Å². The zero-order valence-corrected chi connectivity index (χ0v) is 12.5. The molecule has 19 heavy (non-hydrogen) atoms. The van der Waals surface area contributed by atoms with E-state index in [9.17, 15) is 0 Å². The molecule has 1 aliphatic rings. The standard InChI is InChI=1S/C15H25N3O/c1-5-16-9-13-8-12(2)14(17-10-13)18-6-7-19-11-15(18,3)4/h8,10,16H,5-7,9,11H2,1-4H3. The number of pyridine rings is 1. The Balaban J connectivity index is 2.20. The lowest BCUT2D eigenvalue weighted by Gasteiger charge is -2.43. The molecule has 0 amide bonds. The van der Waals surface area contributed by atoms with Crippen molar-refractivity contribution >= 4 is 5.82 Å². The molecule has 0 unspecified atom stereocenters. The lowest BCUT2D eigenvalue weighted by Crippen LogP contribution is -2.53. The van der Waals surface area contributed by atoms with Gasteiger partial charge in [0.2, 0.25) is 0 Å². The number of ether oxygens (including phenoxy) is 1. The number of aromatic nitrogens is 1. The third-order valence-electron chi connectivity index (χ3n) is 3.59. The molecule has 2 rings (SSSR count). The Kier molecular flexibility index (Phi) is 4.42. The van der Waals surface area contributed by atoms with Gasteiger partial charge in [-0.25, -0.2) is 4.98 Å². The fourth-order valence-corrected chi connectivity index (χ4v) is 2.53. The fraction of sp³-hybridized carbons (Fsp3) is 0.667. The largest absolute Gasteiger partial charge is 0.377 e. The summed E-state index contributed by atoms with van der Waals surface area (Å²) in [4.78, 5) is 7.04. The molecule has 1 N–H and O–H groups in total. The summed E-state index contributed by atoms with van der Waals surface area (Å²) in [6.07, 6.45) is 1.98. The number of anilines is 1. The van der Waals surface area contributed by atoms with Crippen molar-refractivity contribution in [1.82, 2.24) is 10.3 Å². The minimum absolute atomic E-state index is 0.0131. The molecular formula is C15H25N3O. The van der Waals surface area contributed by atoms with Gasteiger partial charge in [0.15, 0.2) is 0 Å². The van der Waals surface area contributed by atoms with Crippen LogP contribution in [0.15, 0.2) is 12.3 Å². The molecule has 0 radical (unpaired) electrons. The Hall–Kier alpha value is -1.13. The monoisotopic (exact) mass is 263 g/mol. The Morgan fingerprint density at radius 3 is 2.89 bits per heavy atom. The van der Waals surface area contributed by atoms with Crippen molar-refractivity contribution in [3.05, 3.63) is 23.4 Å². The zero-order valence-electron chi connectivity index (χ0n) is 12.5. The SMILES string of the molecule is CCNCc1cnc(N2CCOCC2(C)C)c(C)c1. The second kappa shape index (κ2) is 5.88. The minimum atomic E-state index is 0.0131. The van der Waals surface area contributed by atoms with Gasteiger partial charge in [0, 0.05) is 19.3 Å². The van der Waals surface area contributed by atoms with Gasteiger partial charge in [0.05, 0.1) is 18.8 Å². The number of nitrogens with zero attached hydrogens (tertiary/aromatic N) is 2. The molecule has 0 bridgehead atoms. The van der Waals surface area contributed by atoms with E-state index < -0.39 is 0 Å². The van der Waals surface area contributed by atoms with Gasteiger partial charge >= 0.3 is 0 Å². The Labute approximate surface area is 116 Å². The van der Waals surface area contributed by atoms with Gasteiger partial charge in [0.1, 0.15) is 5.82 Å². The zero-order chi connectivity index (χ0) is 13.9. The highest BCUT2D eigenvalue weighted by Gasteiger charge is 2.32. The van der Waals surface area contributed by atoms with Gasteiger partial charge in [0.25, 0.3) is 0 Å². The second-order valence-corrected chi connectivity index (χ2v) is 5.78. The maximum atomic E-state index is 5.57. The molecule has 1 aromatic rings. The molecule has 2 heterocycles. The van der Waals surface area contributed by atoms with Crippen LogP contribution >= 0.6 is 0 Å². The summed E-state index contributed by atoms with van der Waals surface area (Å²) in [5.41, 5.74) is 2.50. The number of aryl methyl sites for hydroxylation is 1. The highest BCUT2D eigenvalue weighted by Crippen LogP contribution is 2.28. The van der Waals surface area contributed by atoms with Crippen LogP contribution in [0.25, 0.3) is 0 Å². The Bertz CT molecular complexity index is 431. The summed E-state index contributed by atoms with van der Waals surface area (Å²) in [6, 6.07) is 2.23.